The van der Waals surface area contributed by atoms with Gasteiger partial charge in [0.1, 0.15) is 0 Å². The largest absolute Gasteiger partial charge is 0.312 e. The zero-order chi connectivity index (χ0) is 14.6. The Hall–Kier alpha value is -0.0800. The fourth-order valence-electron chi connectivity index (χ4n) is 3.90. The summed E-state index contributed by atoms with van der Waals surface area (Å²) in [5, 5.41) is 3.84. The van der Waals surface area contributed by atoms with Crippen molar-refractivity contribution in [2.75, 3.05) is 26.2 Å². The van der Waals surface area contributed by atoms with E-state index < -0.39 is 0 Å². The second kappa shape index (κ2) is 7.26. The summed E-state index contributed by atoms with van der Waals surface area (Å²) >= 11 is 0. The fraction of sp³-hybridized carbons (Fsp3) is 1.00. The molecule has 0 spiro atoms. The van der Waals surface area contributed by atoms with Crippen molar-refractivity contribution in [2.24, 2.45) is 17.3 Å². The first-order valence-electron chi connectivity index (χ1n) is 8.92. The Balaban J connectivity index is 1.82. The molecule has 0 aromatic carbocycles. The van der Waals surface area contributed by atoms with E-state index in [4.69, 9.17) is 0 Å². The third-order valence-electron chi connectivity index (χ3n) is 5.10. The van der Waals surface area contributed by atoms with Crippen LogP contribution >= 0.6 is 0 Å². The summed E-state index contributed by atoms with van der Waals surface area (Å²) in [6.45, 7) is 14.5. The molecule has 1 N–H and O–H groups in total. The Bertz CT molecular complexity index is 276. The fourth-order valence-corrected chi connectivity index (χ4v) is 3.90. The number of rotatable bonds is 5. The summed E-state index contributed by atoms with van der Waals surface area (Å²) in [5.74, 6) is 1.90. The molecule has 0 radical (unpaired) electrons. The number of likely N-dealkylation sites (tertiary alicyclic amines) is 1. The van der Waals surface area contributed by atoms with Gasteiger partial charge in [0.25, 0.3) is 0 Å². The summed E-state index contributed by atoms with van der Waals surface area (Å²) in [6, 6.07) is 0.717. The van der Waals surface area contributed by atoms with E-state index in [2.05, 4.69) is 37.9 Å². The molecule has 0 amide bonds. The van der Waals surface area contributed by atoms with E-state index in [0.29, 0.717) is 11.5 Å². The maximum atomic E-state index is 3.84. The first-order chi connectivity index (χ1) is 9.46. The smallest absolute Gasteiger partial charge is 0.0198 e. The van der Waals surface area contributed by atoms with Crippen LogP contribution in [0.1, 0.15) is 66.2 Å². The second-order valence-electron chi connectivity index (χ2n) is 8.52. The first kappa shape index (κ1) is 16.3. The Morgan fingerprint density at radius 1 is 1.05 bits per heavy atom. The highest BCUT2D eigenvalue weighted by molar-refractivity contribution is 4.85. The number of nitrogens with zero attached hydrogens (tertiary/aromatic N) is 1. The minimum atomic E-state index is 0.398. The van der Waals surface area contributed by atoms with Crippen molar-refractivity contribution < 1.29 is 0 Å². The van der Waals surface area contributed by atoms with Gasteiger partial charge in [-0.05, 0) is 36.5 Å². The average Bonchev–Trinajstić information content (AvgIpc) is 2.88. The molecule has 2 aliphatic rings. The van der Waals surface area contributed by atoms with Crippen LogP contribution in [-0.2, 0) is 0 Å². The van der Waals surface area contributed by atoms with Crippen LogP contribution in [0.5, 0.6) is 0 Å². The van der Waals surface area contributed by atoms with Gasteiger partial charge in [-0.1, -0.05) is 47.0 Å². The quantitative estimate of drug-likeness (QED) is 0.821. The third kappa shape index (κ3) is 5.37. The van der Waals surface area contributed by atoms with Crippen LogP contribution in [0.2, 0.25) is 0 Å². The van der Waals surface area contributed by atoms with Gasteiger partial charge in [-0.15, -0.1) is 0 Å². The zero-order valence-corrected chi connectivity index (χ0v) is 14.3. The van der Waals surface area contributed by atoms with Crippen LogP contribution in [0.15, 0.2) is 0 Å². The molecule has 2 nitrogen and oxygen atoms in total. The molecule has 118 valence electrons. The van der Waals surface area contributed by atoms with E-state index in [9.17, 15) is 0 Å². The number of hydrogen-bond donors (Lipinski definition) is 1. The lowest BCUT2D eigenvalue weighted by Crippen LogP contribution is -2.51. The predicted octanol–water partition coefficient (Wildman–Crippen LogP) is 3.91. The van der Waals surface area contributed by atoms with E-state index in [0.717, 1.165) is 18.4 Å². The van der Waals surface area contributed by atoms with Gasteiger partial charge < -0.3 is 10.2 Å². The summed E-state index contributed by atoms with van der Waals surface area (Å²) in [6.07, 6.45) is 8.63. The van der Waals surface area contributed by atoms with Crippen LogP contribution in [0.4, 0.5) is 0 Å². The van der Waals surface area contributed by atoms with Crippen molar-refractivity contribution in [3.63, 3.8) is 0 Å². The highest BCUT2D eigenvalue weighted by Gasteiger charge is 2.29. The Kier molecular flexibility index (Phi) is 5.92. The van der Waals surface area contributed by atoms with Crippen molar-refractivity contribution in [3.05, 3.63) is 0 Å². The van der Waals surface area contributed by atoms with Gasteiger partial charge in [0.05, 0.1) is 0 Å². The minimum absolute atomic E-state index is 0.398. The van der Waals surface area contributed by atoms with E-state index in [-0.39, 0.29) is 0 Å². The molecule has 1 saturated heterocycles. The van der Waals surface area contributed by atoms with Crippen LogP contribution in [-0.4, -0.2) is 37.1 Å². The van der Waals surface area contributed by atoms with Crippen molar-refractivity contribution in [1.29, 1.82) is 0 Å². The maximum Gasteiger partial charge on any atom is 0.0198 e. The van der Waals surface area contributed by atoms with E-state index in [1.54, 1.807) is 0 Å². The van der Waals surface area contributed by atoms with E-state index >= 15 is 0 Å². The Morgan fingerprint density at radius 2 is 1.75 bits per heavy atom. The molecular weight excluding hydrogens is 244 g/mol. The summed E-state index contributed by atoms with van der Waals surface area (Å²) in [4.78, 5) is 2.77. The molecule has 2 rings (SSSR count). The summed E-state index contributed by atoms with van der Waals surface area (Å²) < 4.78 is 0. The van der Waals surface area contributed by atoms with E-state index in [1.165, 1.54) is 58.2 Å². The molecule has 1 heterocycles. The number of hydrogen-bond acceptors (Lipinski definition) is 2. The third-order valence-corrected chi connectivity index (χ3v) is 5.10. The highest BCUT2D eigenvalue weighted by Crippen LogP contribution is 2.28. The molecular formula is C18H36N2. The van der Waals surface area contributed by atoms with Gasteiger partial charge >= 0.3 is 0 Å². The topological polar surface area (TPSA) is 15.3 Å². The lowest BCUT2D eigenvalue weighted by atomic mass is 9.90. The summed E-state index contributed by atoms with van der Waals surface area (Å²) in [5.41, 5.74) is 0.398. The zero-order valence-electron chi connectivity index (χ0n) is 14.3. The molecule has 1 aliphatic carbocycles. The number of piperidine rings is 1. The van der Waals surface area contributed by atoms with Crippen molar-refractivity contribution in [1.82, 2.24) is 10.2 Å². The maximum absolute atomic E-state index is 3.84. The summed E-state index contributed by atoms with van der Waals surface area (Å²) in [7, 11) is 0. The SMILES string of the molecule is CCC1CC(NCC(C)(C)C)CN(CC2CCCC2)C1. The first-order valence-corrected chi connectivity index (χ1v) is 8.92. The molecule has 2 heteroatoms. The van der Waals surface area contributed by atoms with Crippen LogP contribution in [0.3, 0.4) is 0 Å². The molecule has 2 atom stereocenters. The van der Waals surface area contributed by atoms with Crippen LogP contribution < -0.4 is 5.32 Å². The van der Waals surface area contributed by atoms with Crippen LogP contribution in [0, 0.1) is 17.3 Å². The molecule has 2 unspecified atom stereocenters. The van der Waals surface area contributed by atoms with Crippen LogP contribution in [0.25, 0.3) is 0 Å². The molecule has 2 fully saturated rings. The normalized spacial score (nSPS) is 30.0. The molecule has 0 aromatic rings. The molecule has 1 aliphatic heterocycles. The lowest BCUT2D eigenvalue weighted by Gasteiger charge is -2.40. The van der Waals surface area contributed by atoms with Crippen molar-refractivity contribution in [2.45, 2.75) is 72.3 Å². The van der Waals surface area contributed by atoms with Crippen molar-refractivity contribution >= 4 is 0 Å². The lowest BCUT2D eigenvalue weighted by molar-refractivity contribution is 0.117. The Morgan fingerprint density at radius 3 is 2.35 bits per heavy atom. The van der Waals surface area contributed by atoms with Gasteiger partial charge in [-0.3, -0.25) is 0 Å². The van der Waals surface area contributed by atoms with Gasteiger partial charge in [-0.2, -0.15) is 0 Å². The molecule has 0 aromatic heterocycles. The van der Waals surface area contributed by atoms with Gasteiger partial charge in [0.15, 0.2) is 0 Å². The monoisotopic (exact) mass is 280 g/mol. The standard InChI is InChI=1S/C18H36N2/c1-5-15-10-17(19-14-18(2,3)4)13-20(11-15)12-16-8-6-7-9-16/h15-17,19H,5-14H2,1-4H3. The van der Waals surface area contributed by atoms with E-state index in [1.807, 2.05) is 0 Å². The average molecular weight is 280 g/mol. The highest BCUT2D eigenvalue weighted by atomic mass is 15.2. The molecule has 1 saturated carbocycles. The van der Waals surface area contributed by atoms with Crippen molar-refractivity contribution in [3.8, 4) is 0 Å². The molecule has 20 heavy (non-hydrogen) atoms. The Labute approximate surface area is 126 Å². The van der Waals surface area contributed by atoms with Gasteiger partial charge in [0.2, 0.25) is 0 Å². The second-order valence-corrected chi connectivity index (χ2v) is 8.52. The predicted molar refractivity (Wildman–Crippen MR) is 88.0 cm³/mol. The molecule has 0 bridgehead atoms. The van der Waals surface area contributed by atoms with Gasteiger partial charge in [-0.25, -0.2) is 0 Å². The number of nitrogens with one attached hydrogen (secondary N) is 1. The minimum Gasteiger partial charge on any atom is -0.312 e. The van der Waals surface area contributed by atoms with Gasteiger partial charge in [0, 0.05) is 32.2 Å².